The number of rotatable bonds is 9. The first kappa shape index (κ1) is 25.2. The molecule has 0 aliphatic carbocycles. The zero-order valence-corrected chi connectivity index (χ0v) is 19.4. The molecule has 0 radical (unpaired) electrons. The molecule has 3 amide bonds. The minimum atomic E-state index is -0.769. The molecule has 3 rings (SSSR count). The summed E-state index contributed by atoms with van der Waals surface area (Å²) in [5, 5.41) is 9.08. The number of hydrogen-bond donors (Lipinski definition) is 3. The third kappa shape index (κ3) is 6.56. The Labute approximate surface area is 201 Å². The SMILES string of the molecule is CCOC(=O)C1=C(C)NC(=O)N[C@H]1c1ccc(OCC(=O)N/N=C\c2ccc(F)cc2)c(OC)c1. The Morgan fingerprint density at radius 3 is 2.60 bits per heavy atom. The lowest BCUT2D eigenvalue weighted by atomic mass is 9.95. The van der Waals surface area contributed by atoms with Crippen molar-refractivity contribution in [2.24, 2.45) is 5.10 Å². The Morgan fingerprint density at radius 1 is 1.17 bits per heavy atom. The van der Waals surface area contributed by atoms with E-state index in [4.69, 9.17) is 14.2 Å². The normalized spacial score (nSPS) is 15.3. The van der Waals surface area contributed by atoms with Gasteiger partial charge in [0, 0.05) is 5.70 Å². The van der Waals surface area contributed by atoms with Gasteiger partial charge in [0.15, 0.2) is 18.1 Å². The molecule has 1 aliphatic rings. The van der Waals surface area contributed by atoms with Crippen LogP contribution in [0.2, 0.25) is 0 Å². The van der Waals surface area contributed by atoms with Gasteiger partial charge in [-0.25, -0.2) is 19.4 Å². The molecule has 0 saturated heterocycles. The number of hydrogen-bond acceptors (Lipinski definition) is 7. The van der Waals surface area contributed by atoms with Gasteiger partial charge in [0.25, 0.3) is 5.91 Å². The van der Waals surface area contributed by atoms with Crippen LogP contribution in [0.3, 0.4) is 0 Å². The van der Waals surface area contributed by atoms with E-state index in [0.717, 1.165) is 0 Å². The molecule has 10 nitrogen and oxygen atoms in total. The molecule has 35 heavy (non-hydrogen) atoms. The van der Waals surface area contributed by atoms with Gasteiger partial charge in [0.2, 0.25) is 0 Å². The molecule has 1 atom stereocenters. The Bertz CT molecular complexity index is 1160. The largest absolute Gasteiger partial charge is 0.493 e. The van der Waals surface area contributed by atoms with E-state index in [1.165, 1.54) is 37.6 Å². The summed E-state index contributed by atoms with van der Waals surface area (Å²) in [5.41, 5.74) is 4.13. The fourth-order valence-electron chi connectivity index (χ4n) is 3.31. The van der Waals surface area contributed by atoms with Crippen LogP contribution in [0.15, 0.2) is 58.8 Å². The van der Waals surface area contributed by atoms with Gasteiger partial charge in [0.05, 0.1) is 31.5 Å². The van der Waals surface area contributed by atoms with Crippen LogP contribution in [0.4, 0.5) is 9.18 Å². The second-order valence-corrected chi connectivity index (χ2v) is 7.33. The van der Waals surface area contributed by atoms with Gasteiger partial charge in [-0.2, -0.15) is 5.10 Å². The molecule has 0 bridgehead atoms. The molecule has 0 aromatic heterocycles. The predicted octanol–water partition coefficient (Wildman–Crippen LogP) is 2.55. The molecule has 3 N–H and O–H groups in total. The molecule has 0 unspecified atom stereocenters. The molecule has 11 heteroatoms. The van der Waals surface area contributed by atoms with E-state index in [9.17, 15) is 18.8 Å². The maximum atomic E-state index is 12.9. The van der Waals surface area contributed by atoms with Gasteiger partial charge in [-0.3, -0.25) is 4.79 Å². The van der Waals surface area contributed by atoms with E-state index in [1.807, 2.05) is 0 Å². The average molecular weight is 484 g/mol. The number of amides is 3. The van der Waals surface area contributed by atoms with Gasteiger partial charge in [-0.1, -0.05) is 18.2 Å². The lowest BCUT2D eigenvalue weighted by Gasteiger charge is -2.28. The van der Waals surface area contributed by atoms with Crippen molar-refractivity contribution >= 4 is 24.1 Å². The minimum Gasteiger partial charge on any atom is -0.493 e. The van der Waals surface area contributed by atoms with E-state index in [-0.39, 0.29) is 30.4 Å². The number of allylic oxidation sites excluding steroid dienone is 1. The average Bonchev–Trinajstić information content (AvgIpc) is 2.83. The third-order valence-corrected chi connectivity index (χ3v) is 4.92. The number of benzene rings is 2. The molecular weight excluding hydrogens is 459 g/mol. The van der Waals surface area contributed by atoms with Crippen LogP contribution in [-0.2, 0) is 14.3 Å². The van der Waals surface area contributed by atoms with E-state index in [0.29, 0.717) is 22.6 Å². The molecule has 2 aromatic carbocycles. The molecule has 0 saturated carbocycles. The summed E-state index contributed by atoms with van der Waals surface area (Å²) in [7, 11) is 1.42. The number of ether oxygens (including phenoxy) is 3. The highest BCUT2D eigenvalue weighted by molar-refractivity contribution is 5.95. The molecule has 0 fully saturated rings. The summed E-state index contributed by atoms with van der Waals surface area (Å²) in [6.07, 6.45) is 1.37. The van der Waals surface area contributed by atoms with Crippen molar-refractivity contribution in [1.82, 2.24) is 16.1 Å². The Balaban J connectivity index is 1.69. The van der Waals surface area contributed by atoms with Gasteiger partial charge in [-0.05, 0) is 49.2 Å². The second-order valence-electron chi connectivity index (χ2n) is 7.33. The summed E-state index contributed by atoms with van der Waals surface area (Å²) in [6, 6.07) is 9.18. The Morgan fingerprint density at radius 2 is 1.91 bits per heavy atom. The van der Waals surface area contributed by atoms with Crippen molar-refractivity contribution in [2.45, 2.75) is 19.9 Å². The van der Waals surface area contributed by atoms with Crippen molar-refractivity contribution in [1.29, 1.82) is 0 Å². The Hall–Kier alpha value is -4.41. The predicted molar refractivity (Wildman–Crippen MR) is 124 cm³/mol. The summed E-state index contributed by atoms with van der Waals surface area (Å²) in [5.74, 6) is -0.889. The molecular formula is C24H25FN4O6. The number of hydrazone groups is 1. The number of urea groups is 1. The summed E-state index contributed by atoms with van der Waals surface area (Å²) >= 11 is 0. The standard InChI is InChI=1S/C24H25FN4O6/c1-4-34-23(31)21-14(2)27-24(32)28-22(21)16-7-10-18(19(11-16)33-3)35-13-20(30)29-26-12-15-5-8-17(25)9-6-15/h5-12,22H,4,13H2,1-3H3,(H,29,30)(H2,27,28,32)/b26-12-/t22-/m0/s1. The van der Waals surface area contributed by atoms with E-state index < -0.39 is 23.9 Å². The number of nitrogens with one attached hydrogen (secondary N) is 3. The maximum absolute atomic E-state index is 12.9. The highest BCUT2D eigenvalue weighted by Crippen LogP contribution is 2.34. The number of carbonyl (C=O) groups is 3. The highest BCUT2D eigenvalue weighted by Gasteiger charge is 2.32. The smallest absolute Gasteiger partial charge is 0.338 e. The number of carbonyl (C=O) groups excluding carboxylic acids is 3. The van der Waals surface area contributed by atoms with Crippen molar-refractivity contribution < 1.29 is 33.0 Å². The van der Waals surface area contributed by atoms with Gasteiger partial charge in [-0.15, -0.1) is 0 Å². The summed E-state index contributed by atoms with van der Waals surface area (Å²) in [4.78, 5) is 36.6. The van der Waals surface area contributed by atoms with Crippen LogP contribution in [0.25, 0.3) is 0 Å². The molecule has 184 valence electrons. The van der Waals surface area contributed by atoms with E-state index in [1.54, 1.807) is 32.0 Å². The molecule has 1 aliphatic heterocycles. The first-order valence-corrected chi connectivity index (χ1v) is 10.7. The first-order chi connectivity index (χ1) is 16.8. The van der Waals surface area contributed by atoms with Crippen LogP contribution in [-0.4, -0.2) is 44.4 Å². The van der Waals surface area contributed by atoms with Crippen LogP contribution in [0, 0.1) is 5.82 Å². The second kappa shape index (κ2) is 11.6. The van der Waals surface area contributed by atoms with Crippen LogP contribution in [0.5, 0.6) is 11.5 Å². The third-order valence-electron chi connectivity index (χ3n) is 4.92. The van der Waals surface area contributed by atoms with Crippen molar-refractivity contribution in [3.05, 3.63) is 70.7 Å². The topological polar surface area (TPSA) is 127 Å². The fourth-order valence-corrected chi connectivity index (χ4v) is 3.31. The number of nitrogens with zero attached hydrogens (tertiary/aromatic N) is 1. The minimum absolute atomic E-state index is 0.183. The zero-order valence-electron chi connectivity index (χ0n) is 19.4. The molecule has 1 heterocycles. The zero-order chi connectivity index (χ0) is 25.4. The maximum Gasteiger partial charge on any atom is 0.338 e. The van der Waals surface area contributed by atoms with E-state index in [2.05, 4.69) is 21.2 Å². The van der Waals surface area contributed by atoms with Crippen LogP contribution >= 0.6 is 0 Å². The van der Waals surface area contributed by atoms with E-state index >= 15 is 0 Å². The van der Waals surface area contributed by atoms with Gasteiger partial charge >= 0.3 is 12.0 Å². The lowest BCUT2D eigenvalue weighted by Crippen LogP contribution is -2.45. The number of methoxy groups -OCH3 is 1. The summed E-state index contributed by atoms with van der Waals surface area (Å²) < 4.78 is 29.0. The monoisotopic (exact) mass is 484 g/mol. The lowest BCUT2D eigenvalue weighted by molar-refractivity contribution is -0.139. The van der Waals surface area contributed by atoms with Gasteiger partial charge in [0.1, 0.15) is 5.82 Å². The molecule has 0 spiro atoms. The van der Waals surface area contributed by atoms with Gasteiger partial charge < -0.3 is 24.8 Å². The molecule has 2 aromatic rings. The number of esters is 1. The van der Waals surface area contributed by atoms with Crippen LogP contribution < -0.4 is 25.5 Å². The number of halogens is 1. The van der Waals surface area contributed by atoms with Crippen molar-refractivity contribution in [3.63, 3.8) is 0 Å². The highest BCUT2D eigenvalue weighted by atomic mass is 19.1. The van der Waals surface area contributed by atoms with Crippen molar-refractivity contribution in [2.75, 3.05) is 20.3 Å². The van der Waals surface area contributed by atoms with Crippen LogP contribution in [0.1, 0.15) is 31.0 Å². The Kier molecular flexibility index (Phi) is 8.38. The fraction of sp³-hybridized carbons (Fsp3) is 0.250. The first-order valence-electron chi connectivity index (χ1n) is 10.7. The quantitative estimate of drug-likeness (QED) is 0.285. The van der Waals surface area contributed by atoms with Crippen molar-refractivity contribution in [3.8, 4) is 11.5 Å². The summed E-state index contributed by atoms with van der Waals surface area (Å²) in [6.45, 7) is 3.14.